The molecular formula is C21H19N3O3S. The largest absolute Gasteiger partial charge is 0.497 e. The zero-order chi connectivity index (χ0) is 20.1. The van der Waals surface area contributed by atoms with Gasteiger partial charge >= 0.3 is 0 Å². The molecule has 3 aromatic rings. The van der Waals surface area contributed by atoms with E-state index in [0.29, 0.717) is 27.8 Å². The number of nitrogens with one attached hydrogen (secondary N) is 1. The fourth-order valence-electron chi connectivity index (χ4n) is 2.61. The molecule has 0 aliphatic rings. The maximum Gasteiger partial charge on any atom is 0.243 e. The van der Waals surface area contributed by atoms with E-state index in [9.17, 15) is 4.79 Å². The molecule has 0 aliphatic carbocycles. The van der Waals surface area contributed by atoms with Gasteiger partial charge in [0, 0.05) is 11.3 Å². The van der Waals surface area contributed by atoms with Gasteiger partial charge in [-0.2, -0.15) is 0 Å². The van der Waals surface area contributed by atoms with Gasteiger partial charge < -0.3 is 20.5 Å². The Morgan fingerprint density at radius 1 is 1.14 bits per heavy atom. The number of nitrogens with two attached hydrogens (primary N) is 1. The minimum atomic E-state index is -0.227. The number of thiophene rings is 1. The third kappa shape index (κ3) is 3.92. The third-order valence-corrected chi connectivity index (χ3v) is 5.12. The summed E-state index contributed by atoms with van der Waals surface area (Å²) in [5, 5.41) is 3.71. The molecule has 3 N–H and O–H groups in total. The number of carbonyl (C=O) groups excluding carboxylic acids is 1. The highest BCUT2D eigenvalue weighted by atomic mass is 32.1. The molecule has 0 bridgehead atoms. The van der Waals surface area contributed by atoms with Gasteiger partial charge in [-0.05, 0) is 55.5 Å². The summed E-state index contributed by atoms with van der Waals surface area (Å²) in [4.78, 5) is 16.7. The molecule has 0 aliphatic heterocycles. The average Bonchev–Trinajstić information content (AvgIpc) is 3.04. The monoisotopic (exact) mass is 393 g/mol. The number of hydrogen-bond acceptors (Lipinski definition) is 6. The molecule has 0 saturated carbocycles. The Bertz CT molecular complexity index is 1020. The van der Waals surface area contributed by atoms with Crippen molar-refractivity contribution in [1.29, 1.82) is 0 Å². The number of hydrogen-bond donors (Lipinski definition) is 2. The van der Waals surface area contributed by atoms with E-state index < -0.39 is 0 Å². The lowest BCUT2D eigenvalue weighted by Crippen LogP contribution is -2.01. The Morgan fingerprint density at radius 2 is 1.79 bits per heavy atom. The van der Waals surface area contributed by atoms with Crippen LogP contribution < -0.4 is 20.5 Å². The van der Waals surface area contributed by atoms with E-state index >= 15 is 0 Å². The number of ketones is 1. The molecule has 0 spiro atoms. The fraction of sp³-hybridized carbons (Fsp3) is 0.143. The molecule has 142 valence electrons. The number of carbonyl (C=O) groups is 1. The molecule has 28 heavy (non-hydrogen) atoms. The Hall–Kier alpha value is -3.50. The number of anilines is 3. The standard InChI is InChI=1S/C21H19N3O3S/c1-4-27-16-11-7-14(8-12-16)24-21-18(23-2)17(22)20(28-21)19(25)13-5-9-15(26-3)10-6-13/h5-12,24H,4,22H2,1,3H3. The van der Waals surface area contributed by atoms with E-state index in [1.807, 2.05) is 31.2 Å². The van der Waals surface area contributed by atoms with Crippen LogP contribution >= 0.6 is 11.3 Å². The summed E-state index contributed by atoms with van der Waals surface area (Å²) >= 11 is 1.17. The van der Waals surface area contributed by atoms with Crippen molar-refractivity contribution < 1.29 is 14.3 Å². The Kier molecular flexibility index (Phi) is 5.82. The second kappa shape index (κ2) is 8.46. The summed E-state index contributed by atoms with van der Waals surface area (Å²) in [5.41, 5.74) is 7.81. The maximum absolute atomic E-state index is 12.9. The SMILES string of the molecule is [C-]#[N+]c1c(Nc2ccc(OCC)cc2)sc(C(=O)c2ccc(OC)cc2)c1N. The molecule has 0 amide bonds. The van der Waals surface area contributed by atoms with E-state index in [1.165, 1.54) is 11.3 Å². The lowest BCUT2D eigenvalue weighted by Gasteiger charge is -2.07. The van der Waals surface area contributed by atoms with Crippen LogP contribution in [0.1, 0.15) is 22.2 Å². The topological polar surface area (TPSA) is 77.9 Å². The predicted molar refractivity (Wildman–Crippen MR) is 112 cm³/mol. The molecule has 0 unspecified atom stereocenters. The van der Waals surface area contributed by atoms with Crippen molar-refractivity contribution in [2.24, 2.45) is 0 Å². The maximum atomic E-state index is 12.9. The molecule has 1 heterocycles. The van der Waals surface area contributed by atoms with Gasteiger partial charge in [-0.1, -0.05) is 0 Å². The van der Waals surface area contributed by atoms with Crippen molar-refractivity contribution in [3.63, 3.8) is 0 Å². The molecule has 0 radical (unpaired) electrons. The minimum absolute atomic E-state index is 0.189. The van der Waals surface area contributed by atoms with Gasteiger partial charge in [-0.15, -0.1) is 11.3 Å². The van der Waals surface area contributed by atoms with Crippen molar-refractivity contribution >= 4 is 39.2 Å². The van der Waals surface area contributed by atoms with Crippen LogP contribution in [0.15, 0.2) is 48.5 Å². The molecular weight excluding hydrogens is 374 g/mol. The van der Waals surface area contributed by atoms with Crippen molar-refractivity contribution in [3.8, 4) is 11.5 Å². The number of methoxy groups -OCH3 is 1. The Morgan fingerprint density at radius 3 is 2.36 bits per heavy atom. The lowest BCUT2D eigenvalue weighted by molar-refractivity contribution is 0.104. The van der Waals surface area contributed by atoms with Gasteiger partial charge in [0.2, 0.25) is 11.5 Å². The molecule has 0 saturated heterocycles. The number of benzene rings is 2. The van der Waals surface area contributed by atoms with Crippen LogP contribution in [-0.2, 0) is 0 Å². The van der Waals surface area contributed by atoms with Crippen LogP contribution in [0.25, 0.3) is 4.85 Å². The normalized spacial score (nSPS) is 10.2. The molecule has 6 nitrogen and oxygen atoms in total. The summed E-state index contributed by atoms with van der Waals surface area (Å²) in [6.07, 6.45) is 0. The van der Waals surface area contributed by atoms with Gasteiger partial charge in [0.05, 0.1) is 30.9 Å². The fourth-order valence-corrected chi connectivity index (χ4v) is 3.65. The summed E-state index contributed by atoms with van der Waals surface area (Å²) < 4.78 is 10.5. The summed E-state index contributed by atoms with van der Waals surface area (Å²) in [5.74, 6) is 1.20. The van der Waals surface area contributed by atoms with Crippen molar-refractivity contribution in [3.05, 3.63) is 70.4 Å². The van der Waals surface area contributed by atoms with Gasteiger partial charge in [-0.3, -0.25) is 4.79 Å². The molecule has 0 atom stereocenters. The van der Waals surface area contributed by atoms with E-state index in [2.05, 4.69) is 10.2 Å². The zero-order valence-corrected chi connectivity index (χ0v) is 16.3. The summed E-state index contributed by atoms with van der Waals surface area (Å²) in [7, 11) is 1.56. The van der Waals surface area contributed by atoms with Gasteiger partial charge in [0.1, 0.15) is 16.5 Å². The lowest BCUT2D eigenvalue weighted by atomic mass is 10.1. The second-order valence-corrected chi connectivity index (χ2v) is 6.80. The van der Waals surface area contributed by atoms with E-state index in [4.69, 9.17) is 21.8 Å². The first-order valence-electron chi connectivity index (χ1n) is 8.55. The molecule has 3 rings (SSSR count). The van der Waals surface area contributed by atoms with Crippen molar-refractivity contribution in [2.45, 2.75) is 6.92 Å². The van der Waals surface area contributed by atoms with Crippen LogP contribution in [0.2, 0.25) is 0 Å². The molecule has 7 heteroatoms. The number of rotatable bonds is 7. The van der Waals surface area contributed by atoms with Crippen LogP contribution in [0, 0.1) is 6.57 Å². The first-order chi connectivity index (χ1) is 13.6. The predicted octanol–water partition coefficient (Wildman–Crippen LogP) is 5.26. The first-order valence-corrected chi connectivity index (χ1v) is 9.37. The highest BCUT2D eigenvalue weighted by Gasteiger charge is 2.22. The van der Waals surface area contributed by atoms with Crippen molar-refractivity contribution in [2.75, 3.05) is 24.8 Å². The molecule has 2 aromatic carbocycles. The van der Waals surface area contributed by atoms with E-state index in [1.54, 1.807) is 31.4 Å². The molecule has 0 fully saturated rings. The van der Waals surface area contributed by atoms with Crippen molar-refractivity contribution in [1.82, 2.24) is 0 Å². The second-order valence-electron chi connectivity index (χ2n) is 5.77. The van der Waals surface area contributed by atoms with Crippen LogP contribution in [0.4, 0.5) is 22.1 Å². The Labute approximate surface area is 167 Å². The van der Waals surface area contributed by atoms with Gasteiger partial charge in [0.15, 0.2) is 0 Å². The summed E-state index contributed by atoms with van der Waals surface area (Å²) in [6, 6.07) is 14.2. The van der Waals surface area contributed by atoms with Crippen LogP contribution in [0.5, 0.6) is 11.5 Å². The van der Waals surface area contributed by atoms with Gasteiger partial charge in [-0.25, -0.2) is 4.85 Å². The number of nitrogens with zero attached hydrogens (tertiary/aromatic N) is 1. The zero-order valence-electron chi connectivity index (χ0n) is 15.5. The van der Waals surface area contributed by atoms with Crippen LogP contribution in [-0.4, -0.2) is 19.5 Å². The average molecular weight is 393 g/mol. The van der Waals surface area contributed by atoms with Gasteiger partial charge in [0.25, 0.3) is 0 Å². The smallest absolute Gasteiger partial charge is 0.243 e. The highest BCUT2D eigenvalue weighted by molar-refractivity contribution is 7.19. The molecule has 1 aromatic heterocycles. The number of ether oxygens (including phenoxy) is 2. The van der Waals surface area contributed by atoms with E-state index in [0.717, 1.165) is 11.4 Å². The third-order valence-electron chi connectivity index (χ3n) is 4.01. The van der Waals surface area contributed by atoms with Crippen LogP contribution in [0.3, 0.4) is 0 Å². The number of nitrogen functional groups attached to an aromatic ring is 1. The van der Waals surface area contributed by atoms with E-state index in [-0.39, 0.29) is 17.2 Å². The minimum Gasteiger partial charge on any atom is -0.497 e. The highest BCUT2D eigenvalue weighted by Crippen LogP contribution is 2.45. The first kappa shape index (κ1) is 19.3. The quantitative estimate of drug-likeness (QED) is 0.423. The Balaban J connectivity index is 1.89. The summed E-state index contributed by atoms with van der Waals surface area (Å²) in [6.45, 7) is 9.97.